The van der Waals surface area contributed by atoms with Gasteiger partial charge in [0.15, 0.2) is 0 Å². The SMILES string of the molecule is Cc1ccc(C)c(OCCNC(=O)[C@H]2CCCN(S(=O)(=O)c3ccc(Cl)cc3)C2)c1. The summed E-state index contributed by atoms with van der Waals surface area (Å²) < 4.78 is 32.9. The van der Waals surface area contributed by atoms with Gasteiger partial charge < -0.3 is 10.1 Å². The molecule has 1 amide bonds. The van der Waals surface area contributed by atoms with Gasteiger partial charge in [-0.3, -0.25) is 4.79 Å². The number of nitrogens with zero attached hydrogens (tertiary/aromatic N) is 1. The fourth-order valence-corrected chi connectivity index (χ4v) is 5.12. The number of piperidine rings is 1. The van der Waals surface area contributed by atoms with Gasteiger partial charge in [0.05, 0.1) is 17.4 Å². The van der Waals surface area contributed by atoms with Crippen LogP contribution < -0.4 is 10.1 Å². The monoisotopic (exact) mass is 450 g/mol. The number of hydrogen-bond donors (Lipinski definition) is 1. The van der Waals surface area contributed by atoms with Crippen LogP contribution in [0.25, 0.3) is 0 Å². The normalized spacial score (nSPS) is 17.5. The predicted octanol–water partition coefficient (Wildman–Crippen LogP) is 3.55. The van der Waals surface area contributed by atoms with Gasteiger partial charge in [-0.15, -0.1) is 0 Å². The molecule has 1 atom stereocenters. The number of carbonyl (C=O) groups is 1. The van der Waals surface area contributed by atoms with E-state index >= 15 is 0 Å². The highest BCUT2D eigenvalue weighted by Gasteiger charge is 2.33. The smallest absolute Gasteiger partial charge is 0.243 e. The third-order valence-electron chi connectivity index (χ3n) is 5.21. The van der Waals surface area contributed by atoms with Crippen molar-refractivity contribution in [1.82, 2.24) is 9.62 Å². The second kappa shape index (κ2) is 9.81. The molecule has 1 N–H and O–H groups in total. The van der Waals surface area contributed by atoms with Crippen molar-refractivity contribution in [2.45, 2.75) is 31.6 Å². The molecule has 162 valence electrons. The van der Waals surface area contributed by atoms with Gasteiger partial charge in [-0.25, -0.2) is 8.42 Å². The Hall–Kier alpha value is -2.09. The predicted molar refractivity (Wildman–Crippen MR) is 117 cm³/mol. The number of benzene rings is 2. The molecule has 1 heterocycles. The van der Waals surface area contributed by atoms with Crippen molar-refractivity contribution in [2.24, 2.45) is 5.92 Å². The first-order valence-corrected chi connectivity index (χ1v) is 11.8. The van der Waals surface area contributed by atoms with Crippen LogP contribution >= 0.6 is 11.6 Å². The fraction of sp³-hybridized carbons (Fsp3) is 0.409. The molecule has 3 rings (SSSR count). The summed E-state index contributed by atoms with van der Waals surface area (Å²) in [6.07, 6.45) is 1.31. The Morgan fingerprint density at radius 3 is 2.67 bits per heavy atom. The van der Waals surface area contributed by atoms with Gasteiger partial charge in [0.25, 0.3) is 0 Å². The first-order valence-electron chi connectivity index (χ1n) is 10.0. The number of nitrogens with one attached hydrogen (secondary N) is 1. The highest BCUT2D eigenvalue weighted by Crippen LogP contribution is 2.25. The topological polar surface area (TPSA) is 75.7 Å². The molecule has 2 aromatic carbocycles. The molecule has 1 aliphatic heterocycles. The van der Waals surface area contributed by atoms with Crippen LogP contribution in [0.3, 0.4) is 0 Å². The van der Waals surface area contributed by atoms with E-state index in [0.29, 0.717) is 37.6 Å². The van der Waals surface area contributed by atoms with Gasteiger partial charge in [-0.1, -0.05) is 23.7 Å². The zero-order valence-electron chi connectivity index (χ0n) is 17.2. The maximum Gasteiger partial charge on any atom is 0.243 e. The first-order chi connectivity index (χ1) is 14.3. The van der Waals surface area contributed by atoms with E-state index in [0.717, 1.165) is 16.9 Å². The zero-order valence-corrected chi connectivity index (χ0v) is 18.8. The number of amides is 1. The van der Waals surface area contributed by atoms with Crippen LogP contribution in [0.15, 0.2) is 47.4 Å². The quantitative estimate of drug-likeness (QED) is 0.654. The Labute approximate surface area is 183 Å². The molecule has 1 fully saturated rings. The van der Waals surface area contributed by atoms with Gasteiger partial charge >= 0.3 is 0 Å². The lowest BCUT2D eigenvalue weighted by atomic mass is 9.99. The molecule has 30 heavy (non-hydrogen) atoms. The van der Waals surface area contributed by atoms with E-state index in [9.17, 15) is 13.2 Å². The summed E-state index contributed by atoms with van der Waals surface area (Å²) in [6.45, 7) is 5.29. The van der Waals surface area contributed by atoms with E-state index in [1.165, 1.54) is 16.4 Å². The van der Waals surface area contributed by atoms with E-state index in [-0.39, 0.29) is 23.3 Å². The lowest BCUT2D eigenvalue weighted by Gasteiger charge is -2.31. The molecule has 1 aliphatic rings. The molecule has 0 radical (unpaired) electrons. The van der Waals surface area contributed by atoms with E-state index in [1.807, 2.05) is 32.0 Å². The zero-order chi connectivity index (χ0) is 21.7. The van der Waals surface area contributed by atoms with Crippen LogP contribution in [0.2, 0.25) is 5.02 Å². The molecular formula is C22H27ClN2O4S. The Morgan fingerprint density at radius 2 is 1.93 bits per heavy atom. The van der Waals surface area contributed by atoms with Gasteiger partial charge in [0, 0.05) is 18.1 Å². The van der Waals surface area contributed by atoms with Gasteiger partial charge in [0.2, 0.25) is 15.9 Å². The second-order valence-electron chi connectivity index (χ2n) is 7.56. The summed E-state index contributed by atoms with van der Waals surface area (Å²) in [5.74, 6) is 0.291. The van der Waals surface area contributed by atoms with Crippen molar-refractivity contribution in [3.63, 3.8) is 0 Å². The molecule has 2 aromatic rings. The summed E-state index contributed by atoms with van der Waals surface area (Å²) in [5.41, 5.74) is 2.16. The summed E-state index contributed by atoms with van der Waals surface area (Å²) >= 11 is 5.86. The van der Waals surface area contributed by atoms with Crippen molar-refractivity contribution in [3.05, 3.63) is 58.6 Å². The molecule has 0 bridgehead atoms. The Morgan fingerprint density at radius 1 is 1.20 bits per heavy atom. The number of ether oxygens (including phenoxy) is 1. The molecule has 0 spiro atoms. The van der Waals surface area contributed by atoms with Crippen LogP contribution in [0.4, 0.5) is 0 Å². The lowest BCUT2D eigenvalue weighted by molar-refractivity contribution is -0.126. The molecule has 8 heteroatoms. The largest absolute Gasteiger partial charge is 0.491 e. The van der Waals surface area contributed by atoms with Crippen molar-refractivity contribution >= 4 is 27.5 Å². The van der Waals surface area contributed by atoms with Crippen LogP contribution in [0.5, 0.6) is 5.75 Å². The summed E-state index contributed by atoms with van der Waals surface area (Å²) in [4.78, 5) is 12.8. The lowest BCUT2D eigenvalue weighted by Crippen LogP contribution is -2.45. The van der Waals surface area contributed by atoms with E-state index in [1.54, 1.807) is 12.1 Å². The van der Waals surface area contributed by atoms with Crippen molar-refractivity contribution in [1.29, 1.82) is 0 Å². The molecule has 1 saturated heterocycles. The van der Waals surface area contributed by atoms with E-state index in [4.69, 9.17) is 16.3 Å². The number of carbonyl (C=O) groups excluding carboxylic acids is 1. The first kappa shape index (κ1) is 22.6. The average Bonchev–Trinajstić information content (AvgIpc) is 2.74. The van der Waals surface area contributed by atoms with Crippen LogP contribution in [0.1, 0.15) is 24.0 Å². The minimum atomic E-state index is -3.65. The Kier molecular flexibility index (Phi) is 7.39. The third-order valence-corrected chi connectivity index (χ3v) is 7.34. The standard InChI is InChI=1S/C22H27ClN2O4S/c1-16-5-6-17(2)21(14-16)29-13-11-24-22(26)18-4-3-12-25(15-18)30(27,28)20-9-7-19(23)8-10-20/h5-10,14,18H,3-4,11-13,15H2,1-2H3,(H,24,26)/t18-/m0/s1. The van der Waals surface area contributed by atoms with E-state index < -0.39 is 10.0 Å². The fourth-order valence-electron chi connectivity index (χ4n) is 3.47. The molecular weight excluding hydrogens is 424 g/mol. The minimum absolute atomic E-state index is 0.143. The highest BCUT2D eigenvalue weighted by molar-refractivity contribution is 7.89. The summed E-state index contributed by atoms with van der Waals surface area (Å²) in [7, 11) is -3.65. The minimum Gasteiger partial charge on any atom is -0.491 e. The van der Waals surface area contributed by atoms with Crippen LogP contribution in [0, 0.1) is 19.8 Å². The maximum absolute atomic E-state index is 12.9. The van der Waals surface area contributed by atoms with E-state index in [2.05, 4.69) is 5.32 Å². The second-order valence-corrected chi connectivity index (χ2v) is 9.94. The average molecular weight is 451 g/mol. The van der Waals surface area contributed by atoms with Crippen molar-refractivity contribution in [2.75, 3.05) is 26.2 Å². The Balaban J connectivity index is 1.52. The van der Waals surface area contributed by atoms with Crippen molar-refractivity contribution < 1.29 is 17.9 Å². The molecule has 0 aromatic heterocycles. The maximum atomic E-state index is 12.9. The molecule has 0 saturated carbocycles. The number of rotatable bonds is 7. The number of halogens is 1. The number of hydrogen-bond acceptors (Lipinski definition) is 4. The molecule has 0 aliphatic carbocycles. The molecule has 0 unspecified atom stereocenters. The molecule has 6 nitrogen and oxygen atoms in total. The van der Waals surface area contributed by atoms with Gasteiger partial charge in [-0.05, 0) is 68.1 Å². The number of aryl methyl sites for hydroxylation is 2. The summed E-state index contributed by atoms with van der Waals surface area (Å²) in [6, 6.07) is 12.1. The number of sulfonamides is 1. The highest BCUT2D eigenvalue weighted by atomic mass is 35.5. The van der Waals surface area contributed by atoms with Crippen LogP contribution in [-0.2, 0) is 14.8 Å². The Bertz CT molecular complexity index is 993. The third kappa shape index (κ3) is 5.53. The summed E-state index contributed by atoms with van der Waals surface area (Å²) in [5, 5.41) is 3.35. The van der Waals surface area contributed by atoms with Gasteiger partial charge in [0.1, 0.15) is 12.4 Å². The van der Waals surface area contributed by atoms with Crippen molar-refractivity contribution in [3.8, 4) is 5.75 Å². The van der Waals surface area contributed by atoms with Gasteiger partial charge in [-0.2, -0.15) is 4.31 Å². The van der Waals surface area contributed by atoms with Crippen LogP contribution in [-0.4, -0.2) is 44.9 Å².